The molecule has 114 valence electrons. The van der Waals surface area contributed by atoms with Crippen molar-refractivity contribution in [2.24, 2.45) is 0 Å². The van der Waals surface area contributed by atoms with Crippen molar-refractivity contribution in [3.8, 4) is 0 Å². The Bertz CT molecular complexity index is 665. The Balaban J connectivity index is 2.12. The zero-order chi connectivity index (χ0) is 16.1. The maximum Gasteiger partial charge on any atom is 0.266 e. The number of benzene rings is 1. The third-order valence-electron chi connectivity index (χ3n) is 2.97. The van der Waals surface area contributed by atoms with Crippen LogP contribution in [-0.4, -0.2) is 27.6 Å². The molecule has 22 heavy (non-hydrogen) atoms. The number of aliphatic carboxylic acids is 1. The number of carboxylic acids is 1. The molecule has 0 atom stereocenters. The highest BCUT2D eigenvalue weighted by molar-refractivity contribution is 8.26. The average Bonchev–Trinajstić information content (AvgIpc) is 2.72. The maximum absolute atomic E-state index is 12.2. The smallest absolute Gasteiger partial charge is 0.266 e. The minimum absolute atomic E-state index is 0.0474. The lowest BCUT2D eigenvalue weighted by Gasteiger charge is -2.14. The summed E-state index contributed by atoms with van der Waals surface area (Å²) in [6.07, 6.45) is 3.51. The van der Waals surface area contributed by atoms with E-state index in [0.717, 1.165) is 11.1 Å². The maximum atomic E-state index is 12.2. The fraction of sp³-hybridized carbons (Fsp3) is 0.188. The summed E-state index contributed by atoms with van der Waals surface area (Å²) in [6, 6.07) is 9.77. The van der Waals surface area contributed by atoms with Gasteiger partial charge in [-0.3, -0.25) is 9.69 Å². The van der Waals surface area contributed by atoms with E-state index >= 15 is 0 Å². The van der Waals surface area contributed by atoms with Gasteiger partial charge in [0.05, 0.1) is 4.91 Å². The van der Waals surface area contributed by atoms with E-state index < -0.39 is 5.97 Å². The van der Waals surface area contributed by atoms with Gasteiger partial charge in [-0.15, -0.1) is 0 Å². The van der Waals surface area contributed by atoms with E-state index in [1.807, 2.05) is 43.3 Å². The predicted molar refractivity (Wildman–Crippen MR) is 89.7 cm³/mol. The van der Waals surface area contributed by atoms with Crippen molar-refractivity contribution in [2.45, 2.75) is 13.3 Å². The Hall–Kier alpha value is -1.92. The van der Waals surface area contributed by atoms with Crippen LogP contribution in [0.2, 0.25) is 0 Å². The van der Waals surface area contributed by atoms with Crippen LogP contribution in [-0.2, 0) is 9.59 Å². The van der Waals surface area contributed by atoms with Gasteiger partial charge in [-0.25, -0.2) is 0 Å². The number of carbonyl (C=O) groups is 2. The van der Waals surface area contributed by atoms with Crippen LogP contribution in [0.3, 0.4) is 0 Å². The molecule has 0 aromatic heterocycles. The molecular weight excluding hydrogens is 318 g/mol. The lowest BCUT2D eigenvalue weighted by molar-refractivity contribution is -0.305. The first-order valence-corrected chi connectivity index (χ1v) is 7.88. The second kappa shape index (κ2) is 7.38. The first-order valence-electron chi connectivity index (χ1n) is 6.66. The molecule has 1 saturated heterocycles. The van der Waals surface area contributed by atoms with Crippen LogP contribution < -0.4 is 5.11 Å². The van der Waals surface area contributed by atoms with E-state index in [9.17, 15) is 14.7 Å². The second-order valence-electron chi connectivity index (χ2n) is 4.75. The van der Waals surface area contributed by atoms with Crippen molar-refractivity contribution in [3.05, 3.63) is 52.4 Å². The molecular formula is C16H14NO3S2-. The first-order chi connectivity index (χ1) is 10.5. The minimum atomic E-state index is -1.20. The number of nitrogens with zero attached hydrogens (tertiary/aromatic N) is 1. The number of hydrogen-bond acceptors (Lipinski definition) is 5. The van der Waals surface area contributed by atoms with Crippen LogP contribution in [0, 0.1) is 0 Å². The normalized spacial score (nSPS) is 17.4. The monoisotopic (exact) mass is 332 g/mol. The Labute approximate surface area is 138 Å². The van der Waals surface area contributed by atoms with Crippen molar-refractivity contribution < 1.29 is 14.7 Å². The van der Waals surface area contributed by atoms with Crippen LogP contribution in [0.25, 0.3) is 6.08 Å². The molecule has 4 nitrogen and oxygen atoms in total. The van der Waals surface area contributed by atoms with Gasteiger partial charge in [0.25, 0.3) is 5.91 Å². The van der Waals surface area contributed by atoms with Gasteiger partial charge in [0.15, 0.2) is 0 Å². The number of allylic oxidation sites excluding steroid dienone is 2. The Kier molecular flexibility index (Phi) is 5.51. The Morgan fingerprint density at radius 2 is 2.05 bits per heavy atom. The van der Waals surface area contributed by atoms with Gasteiger partial charge < -0.3 is 9.90 Å². The summed E-state index contributed by atoms with van der Waals surface area (Å²) >= 11 is 6.31. The largest absolute Gasteiger partial charge is 0.550 e. The zero-order valence-electron chi connectivity index (χ0n) is 11.9. The summed E-state index contributed by atoms with van der Waals surface area (Å²) in [5, 5.41) is 10.5. The lowest BCUT2D eigenvalue weighted by Crippen LogP contribution is -2.33. The van der Waals surface area contributed by atoms with Gasteiger partial charge in [-0.05, 0) is 24.1 Å². The average molecular weight is 332 g/mol. The minimum Gasteiger partial charge on any atom is -0.550 e. The standard InChI is InChI=1S/C16H15NO3S2/c1-11(9-12-5-3-2-4-6-12)10-13-15(20)17(16(21)22-13)8-7-14(18)19/h2-6,9-10H,7-8H2,1H3,(H,18,19)/p-1/b11-9-,13-10+. The van der Waals surface area contributed by atoms with Crippen molar-refractivity contribution in [1.29, 1.82) is 0 Å². The molecule has 1 aliphatic heterocycles. The van der Waals surface area contributed by atoms with Crippen LogP contribution in [0.1, 0.15) is 18.9 Å². The van der Waals surface area contributed by atoms with E-state index in [-0.39, 0.29) is 18.9 Å². The summed E-state index contributed by atoms with van der Waals surface area (Å²) in [6.45, 7) is 1.95. The summed E-state index contributed by atoms with van der Waals surface area (Å²) in [5.74, 6) is -1.45. The number of thioether (sulfide) groups is 1. The molecule has 0 unspecified atom stereocenters. The van der Waals surface area contributed by atoms with Crippen LogP contribution in [0.15, 0.2) is 46.9 Å². The van der Waals surface area contributed by atoms with Crippen molar-refractivity contribution in [3.63, 3.8) is 0 Å². The molecule has 2 rings (SSSR count). The highest BCUT2D eigenvalue weighted by Crippen LogP contribution is 2.32. The van der Waals surface area contributed by atoms with E-state index in [4.69, 9.17) is 12.2 Å². The summed E-state index contributed by atoms with van der Waals surface area (Å²) in [7, 11) is 0. The molecule has 0 N–H and O–H groups in total. The zero-order valence-corrected chi connectivity index (χ0v) is 13.6. The van der Waals surface area contributed by atoms with Gasteiger partial charge >= 0.3 is 0 Å². The molecule has 1 aliphatic rings. The van der Waals surface area contributed by atoms with Crippen LogP contribution in [0.5, 0.6) is 0 Å². The predicted octanol–water partition coefficient (Wildman–Crippen LogP) is 1.97. The number of rotatable bonds is 5. The molecule has 0 radical (unpaired) electrons. The van der Waals surface area contributed by atoms with E-state index in [0.29, 0.717) is 9.23 Å². The Morgan fingerprint density at radius 1 is 1.36 bits per heavy atom. The van der Waals surface area contributed by atoms with Crippen molar-refractivity contribution in [2.75, 3.05) is 6.54 Å². The molecule has 0 spiro atoms. The lowest BCUT2D eigenvalue weighted by atomic mass is 10.1. The third-order valence-corrected chi connectivity index (χ3v) is 4.34. The molecule has 1 fully saturated rings. The molecule has 1 heterocycles. The SMILES string of the molecule is CC(=C/c1ccccc1)/C=C1/SC(=S)N(CCC(=O)[O-])C1=O. The van der Waals surface area contributed by atoms with E-state index in [1.165, 1.54) is 16.7 Å². The number of carboxylic acid groups (broad SMARTS) is 1. The van der Waals surface area contributed by atoms with Crippen molar-refractivity contribution in [1.82, 2.24) is 4.90 Å². The number of carbonyl (C=O) groups excluding carboxylic acids is 2. The van der Waals surface area contributed by atoms with Crippen LogP contribution >= 0.6 is 24.0 Å². The van der Waals surface area contributed by atoms with E-state index in [1.54, 1.807) is 6.08 Å². The highest BCUT2D eigenvalue weighted by Gasteiger charge is 2.31. The fourth-order valence-corrected chi connectivity index (χ4v) is 3.31. The summed E-state index contributed by atoms with van der Waals surface area (Å²) in [5.41, 5.74) is 1.97. The van der Waals surface area contributed by atoms with Gasteiger partial charge in [0.2, 0.25) is 0 Å². The quantitative estimate of drug-likeness (QED) is 0.609. The Morgan fingerprint density at radius 3 is 2.68 bits per heavy atom. The van der Waals surface area contributed by atoms with Crippen LogP contribution in [0.4, 0.5) is 0 Å². The molecule has 0 saturated carbocycles. The fourth-order valence-electron chi connectivity index (χ4n) is 1.96. The highest BCUT2D eigenvalue weighted by atomic mass is 32.2. The number of thiocarbonyl (C=S) groups is 1. The van der Waals surface area contributed by atoms with Gasteiger partial charge in [-0.2, -0.15) is 0 Å². The molecule has 6 heteroatoms. The van der Waals surface area contributed by atoms with Gasteiger partial charge in [0.1, 0.15) is 4.32 Å². The summed E-state index contributed by atoms with van der Waals surface area (Å²) < 4.78 is 0.380. The topological polar surface area (TPSA) is 60.4 Å². The first kappa shape index (κ1) is 16.5. The number of hydrogen-bond donors (Lipinski definition) is 0. The van der Waals surface area contributed by atoms with Gasteiger partial charge in [-0.1, -0.05) is 60.4 Å². The molecule has 0 aliphatic carbocycles. The summed E-state index contributed by atoms with van der Waals surface area (Å²) in [4.78, 5) is 24.5. The third kappa shape index (κ3) is 4.29. The molecule has 1 aromatic rings. The van der Waals surface area contributed by atoms with Gasteiger partial charge in [0, 0.05) is 18.9 Å². The molecule has 0 bridgehead atoms. The van der Waals surface area contributed by atoms with Crippen molar-refractivity contribution >= 4 is 46.3 Å². The molecule has 1 amide bonds. The number of amides is 1. The second-order valence-corrected chi connectivity index (χ2v) is 6.43. The molecule has 1 aromatic carbocycles. The van der Waals surface area contributed by atoms with E-state index in [2.05, 4.69) is 0 Å².